The molecule has 2 nitrogen and oxygen atoms in total. The minimum absolute atomic E-state index is 0.201. The number of nitrogens with two attached hydrogens (primary N) is 1. The van der Waals surface area contributed by atoms with E-state index in [-0.39, 0.29) is 5.82 Å². The van der Waals surface area contributed by atoms with E-state index in [1.165, 1.54) is 6.07 Å². The lowest BCUT2D eigenvalue weighted by Crippen LogP contribution is -2.14. The highest BCUT2D eigenvalue weighted by Crippen LogP contribution is 2.10. The molecule has 0 aliphatic heterocycles. The highest BCUT2D eigenvalue weighted by atomic mass is 19.1. The molecule has 0 saturated carbocycles. The summed E-state index contributed by atoms with van der Waals surface area (Å²) >= 11 is 0. The third-order valence-electron chi connectivity index (χ3n) is 2.20. The Morgan fingerprint density at radius 3 is 2.64 bits per heavy atom. The molecular formula is C11H16FNO. The van der Waals surface area contributed by atoms with E-state index in [1.54, 1.807) is 18.2 Å². The van der Waals surface area contributed by atoms with E-state index in [1.807, 2.05) is 0 Å². The topological polar surface area (TPSA) is 46.2 Å². The summed E-state index contributed by atoms with van der Waals surface area (Å²) in [4.78, 5) is 0. The third kappa shape index (κ3) is 3.44. The molecular weight excluding hydrogens is 181 g/mol. The largest absolute Gasteiger partial charge is 0.393 e. The standard InChI is InChI=1S/C11H16FNO/c12-11-4-2-1-3-9(11)5-6-10(14)7-8-13/h1-4,10,14H,5-8,13H2. The summed E-state index contributed by atoms with van der Waals surface area (Å²) in [7, 11) is 0. The van der Waals surface area contributed by atoms with Gasteiger partial charge in [0.2, 0.25) is 0 Å². The summed E-state index contributed by atoms with van der Waals surface area (Å²) in [6, 6.07) is 6.64. The second-order valence-electron chi connectivity index (χ2n) is 3.36. The quantitative estimate of drug-likeness (QED) is 0.750. The first-order chi connectivity index (χ1) is 6.74. The van der Waals surface area contributed by atoms with Gasteiger partial charge in [-0.15, -0.1) is 0 Å². The Morgan fingerprint density at radius 2 is 2.00 bits per heavy atom. The lowest BCUT2D eigenvalue weighted by Gasteiger charge is -2.08. The lowest BCUT2D eigenvalue weighted by atomic mass is 10.0. The van der Waals surface area contributed by atoms with Crippen LogP contribution in [0, 0.1) is 5.82 Å². The molecule has 0 saturated heterocycles. The van der Waals surface area contributed by atoms with Crippen molar-refractivity contribution in [2.75, 3.05) is 6.54 Å². The van der Waals surface area contributed by atoms with Crippen LogP contribution in [-0.4, -0.2) is 17.8 Å². The Morgan fingerprint density at radius 1 is 1.29 bits per heavy atom. The molecule has 1 aromatic carbocycles. The predicted octanol–water partition coefficient (Wildman–Crippen LogP) is 1.47. The molecule has 1 aromatic rings. The van der Waals surface area contributed by atoms with E-state index in [9.17, 15) is 9.50 Å². The van der Waals surface area contributed by atoms with Crippen molar-refractivity contribution in [2.24, 2.45) is 5.73 Å². The molecule has 78 valence electrons. The van der Waals surface area contributed by atoms with E-state index in [0.29, 0.717) is 31.4 Å². The van der Waals surface area contributed by atoms with Crippen LogP contribution in [0.25, 0.3) is 0 Å². The molecule has 0 aromatic heterocycles. The van der Waals surface area contributed by atoms with Crippen molar-refractivity contribution < 1.29 is 9.50 Å². The first-order valence-corrected chi connectivity index (χ1v) is 4.85. The number of hydrogen-bond acceptors (Lipinski definition) is 2. The van der Waals surface area contributed by atoms with Gasteiger partial charge in [0, 0.05) is 0 Å². The number of benzene rings is 1. The van der Waals surface area contributed by atoms with Crippen LogP contribution in [0.2, 0.25) is 0 Å². The van der Waals surface area contributed by atoms with Crippen molar-refractivity contribution in [1.82, 2.24) is 0 Å². The zero-order chi connectivity index (χ0) is 10.4. The number of aliphatic hydroxyl groups is 1. The monoisotopic (exact) mass is 197 g/mol. The van der Waals surface area contributed by atoms with Gasteiger partial charge < -0.3 is 10.8 Å². The molecule has 1 unspecified atom stereocenters. The van der Waals surface area contributed by atoms with Gasteiger partial charge in [-0.25, -0.2) is 4.39 Å². The Kier molecular flexibility index (Phi) is 4.56. The van der Waals surface area contributed by atoms with E-state index < -0.39 is 6.10 Å². The second-order valence-corrected chi connectivity index (χ2v) is 3.36. The Balaban J connectivity index is 2.41. The van der Waals surface area contributed by atoms with Crippen LogP contribution in [0.4, 0.5) is 4.39 Å². The maximum absolute atomic E-state index is 13.1. The molecule has 0 heterocycles. The first kappa shape index (κ1) is 11.1. The number of aliphatic hydroxyl groups excluding tert-OH is 1. The second kappa shape index (κ2) is 5.73. The minimum Gasteiger partial charge on any atom is -0.393 e. The summed E-state index contributed by atoms with van der Waals surface area (Å²) in [5.74, 6) is -0.201. The van der Waals surface area contributed by atoms with Crippen molar-refractivity contribution in [1.29, 1.82) is 0 Å². The SMILES string of the molecule is NCCC(O)CCc1ccccc1F. The summed E-state index contributed by atoms with van der Waals surface area (Å²) in [5.41, 5.74) is 5.95. The maximum Gasteiger partial charge on any atom is 0.126 e. The van der Waals surface area contributed by atoms with E-state index in [2.05, 4.69) is 0 Å². The molecule has 0 fully saturated rings. The van der Waals surface area contributed by atoms with E-state index >= 15 is 0 Å². The molecule has 1 rings (SSSR count). The number of halogens is 1. The van der Waals surface area contributed by atoms with Crippen LogP contribution in [-0.2, 0) is 6.42 Å². The number of rotatable bonds is 5. The summed E-state index contributed by atoms with van der Waals surface area (Å²) < 4.78 is 13.1. The minimum atomic E-state index is -0.417. The molecule has 14 heavy (non-hydrogen) atoms. The van der Waals surface area contributed by atoms with Gasteiger partial charge in [0.1, 0.15) is 5.82 Å². The lowest BCUT2D eigenvalue weighted by molar-refractivity contribution is 0.157. The van der Waals surface area contributed by atoms with Crippen LogP contribution in [0.5, 0.6) is 0 Å². The first-order valence-electron chi connectivity index (χ1n) is 4.85. The molecule has 0 aliphatic carbocycles. The Labute approximate surface area is 83.6 Å². The highest BCUT2D eigenvalue weighted by Gasteiger charge is 2.05. The average molecular weight is 197 g/mol. The predicted molar refractivity (Wildman–Crippen MR) is 54.4 cm³/mol. The Hall–Kier alpha value is -0.930. The van der Waals surface area contributed by atoms with E-state index in [4.69, 9.17) is 5.73 Å². The normalized spacial score (nSPS) is 12.8. The van der Waals surface area contributed by atoms with Crippen LogP contribution in [0.3, 0.4) is 0 Å². The zero-order valence-corrected chi connectivity index (χ0v) is 8.12. The van der Waals surface area contributed by atoms with Crippen molar-refractivity contribution in [3.63, 3.8) is 0 Å². The van der Waals surface area contributed by atoms with Gasteiger partial charge >= 0.3 is 0 Å². The van der Waals surface area contributed by atoms with Crippen molar-refractivity contribution in [3.8, 4) is 0 Å². The smallest absolute Gasteiger partial charge is 0.126 e. The molecule has 3 N–H and O–H groups in total. The number of hydrogen-bond donors (Lipinski definition) is 2. The fourth-order valence-electron chi connectivity index (χ4n) is 1.36. The van der Waals surface area contributed by atoms with E-state index in [0.717, 1.165) is 0 Å². The van der Waals surface area contributed by atoms with Crippen LogP contribution < -0.4 is 5.73 Å². The van der Waals surface area contributed by atoms with Gasteiger partial charge in [0.15, 0.2) is 0 Å². The molecule has 0 spiro atoms. The molecule has 0 radical (unpaired) electrons. The van der Waals surface area contributed by atoms with Crippen molar-refractivity contribution in [3.05, 3.63) is 35.6 Å². The van der Waals surface area contributed by atoms with Crippen LogP contribution in [0.1, 0.15) is 18.4 Å². The molecule has 3 heteroatoms. The zero-order valence-electron chi connectivity index (χ0n) is 8.12. The van der Waals surface area contributed by atoms with Gasteiger partial charge in [0.25, 0.3) is 0 Å². The fraction of sp³-hybridized carbons (Fsp3) is 0.455. The average Bonchev–Trinajstić information content (AvgIpc) is 2.17. The summed E-state index contributed by atoms with van der Waals surface area (Å²) in [6.45, 7) is 0.471. The molecule has 0 amide bonds. The van der Waals surface area contributed by atoms with Gasteiger partial charge in [-0.05, 0) is 37.4 Å². The summed E-state index contributed by atoms with van der Waals surface area (Å²) in [5, 5.41) is 9.40. The van der Waals surface area contributed by atoms with Crippen molar-refractivity contribution in [2.45, 2.75) is 25.4 Å². The van der Waals surface area contributed by atoms with Gasteiger partial charge in [-0.1, -0.05) is 18.2 Å². The highest BCUT2D eigenvalue weighted by molar-refractivity contribution is 5.17. The molecule has 1 atom stereocenters. The number of aryl methyl sites for hydroxylation is 1. The van der Waals surface area contributed by atoms with Gasteiger partial charge in [-0.2, -0.15) is 0 Å². The van der Waals surface area contributed by atoms with Crippen molar-refractivity contribution >= 4 is 0 Å². The maximum atomic E-state index is 13.1. The third-order valence-corrected chi connectivity index (χ3v) is 2.20. The summed E-state index contributed by atoms with van der Waals surface area (Å²) in [6.07, 6.45) is 1.29. The molecule has 0 aliphatic rings. The molecule has 0 bridgehead atoms. The van der Waals surface area contributed by atoms with Gasteiger partial charge in [-0.3, -0.25) is 0 Å². The Bertz CT molecular complexity index is 278. The van der Waals surface area contributed by atoms with Gasteiger partial charge in [0.05, 0.1) is 6.10 Å². The van der Waals surface area contributed by atoms with Crippen LogP contribution in [0.15, 0.2) is 24.3 Å². The fourth-order valence-corrected chi connectivity index (χ4v) is 1.36. The van der Waals surface area contributed by atoms with Crippen LogP contribution >= 0.6 is 0 Å².